The van der Waals surface area contributed by atoms with Crippen LogP contribution in [0.1, 0.15) is 45.7 Å². The third-order valence-corrected chi connectivity index (χ3v) is 5.29. The first-order valence-corrected chi connectivity index (χ1v) is 11.5. The summed E-state index contributed by atoms with van der Waals surface area (Å²) in [5.74, 6) is -1.11. The normalized spacial score (nSPS) is 12.6. The minimum atomic E-state index is -1.33. The van der Waals surface area contributed by atoms with Crippen molar-refractivity contribution in [3.63, 3.8) is 0 Å². The molecular weight excluding hydrogens is 446 g/mol. The number of aromatic nitrogens is 1. The molecule has 0 fully saturated rings. The molecule has 1 aromatic heterocycles. The highest BCUT2D eigenvalue weighted by atomic mass is 16.6. The van der Waals surface area contributed by atoms with E-state index in [9.17, 15) is 14.4 Å². The van der Waals surface area contributed by atoms with Crippen molar-refractivity contribution in [2.75, 3.05) is 0 Å². The van der Waals surface area contributed by atoms with Crippen molar-refractivity contribution in [1.29, 1.82) is 0 Å². The lowest BCUT2D eigenvalue weighted by atomic mass is 10.0. The maximum atomic E-state index is 13.2. The molecule has 0 bridgehead atoms. The topological polar surface area (TPSA) is 110 Å². The quantitative estimate of drug-likeness (QED) is 0.419. The largest absolute Gasteiger partial charge is 0.459 e. The summed E-state index contributed by atoms with van der Waals surface area (Å²) >= 11 is 0. The van der Waals surface area contributed by atoms with Crippen molar-refractivity contribution in [1.82, 2.24) is 15.6 Å². The minimum Gasteiger partial charge on any atom is -0.459 e. The summed E-state index contributed by atoms with van der Waals surface area (Å²) in [5.41, 5.74) is 0.582. The fraction of sp³-hybridized carbons (Fsp3) is 0.370. The van der Waals surface area contributed by atoms with Crippen LogP contribution in [0, 0.1) is 0 Å². The van der Waals surface area contributed by atoms with Crippen molar-refractivity contribution in [3.05, 3.63) is 71.9 Å². The van der Waals surface area contributed by atoms with Gasteiger partial charge in [-0.2, -0.15) is 0 Å². The molecule has 0 saturated carbocycles. The molecule has 1 unspecified atom stereocenters. The van der Waals surface area contributed by atoms with Gasteiger partial charge in [-0.1, -0.05) is 48.5 Å². The zero-order chi connectivity index (χ0) is 25.6. The predicted molar refractivity (Wildman–Crippen MR) is 134 cm³/mol. The number of ether oxygens (including phenoxy) is 2. The number of hydrogen-bond acceptors (Lipinski definition) is 5. The third-order valence-electron chi connectivity index (χ3n) is 5.29. The van der Waals surface area contributed by atoms with Crippen molar-refractivity contribution < 1.29 is 23.9 Å². The van der Waals surface area contributed by atoms with Crippen molar-refractivity contribution >= 4 is 28.9 Å². The van der Waals surface area contributed by atoms with Gasteiger partial charge in [0.2, 0.25) is 5.91 Å². The molecule has 0 aliphatic rings. The van der Waals surface area contributed by atoms with E-state index in [1.165, 1.54) is 0 Å². The number of carbonyl (C=O) groups is 3. The van der Waals surface area contributed by atoms with E-state index in [-0.39, 0.29) is 13.0 Å². The van der Waals surface area contributed by atoms with E-state index in [1.807, 2.05) is 60.8 Å². The highest BCUT2D eigenvalue weighted by molar-refractivity contribution is 5.93. The van der Waals surface area contributed by atoms with E-state index in [2.05, 4.69) is 15.6 Å². The van der Waals surface area contributed by atoms with Crippen LogP contribution < -0.4 is 10.6 Å². The van der Waals surface area contributed by atoms with Gasteiger partial charge in [-0.25, -0.2) is 9.59 Å². The lowest BCUT2D eigenvalue weighted by molar-refractivity contribution is -0.149. The van der Waals surface area contributed by atoms with E-state index < -0.39 is 35.2 Å². The first-order valence-electron chi connectivity index (χ1n) is 11.5. The summed E-state index contributed by atoms with van der Waals surface area (Å²) in [6.07, 6.45) is 1.31. The molecule has 0 radical (unpaired) electrons. The Hall–Kier alpha value is -3.81. The Kier molecular flexibility index (Phi) is 7.84. The van der Waals surface area contributed by atoms with E-state index in [4.69, 9.17) is 9.47 Å². The second-order valence-corrected chi connectivity index (χ2v) is 9.93. The molecule has 3 aromatic rings. The van der Waals surface area contributed by atoms with Gasteiger partial charge in [0.15, 0.2) is 0 Å². The number of fused-ring (bicyclic) bond motifs is 1. The number of aromatic amines is 1. The van der Waals surface area contributed by atoms with Crippen LogP contribution >= 0.6 is 0 Å². The number of hydrogen-bond donors (Lipinski definition) is 3. The van der Waals surface area contributed by atoms with Crippen LogP contribution in [0.15, 0.2) is 60.8 Å². The summed E-state index contributed by atoms with van der Waals surface area (Å²) < 4.78 is 10.8. The Morgan fingerprint density at radius 1 is 0.943 bits per heavy atom. The van der Waals surface area contributed by atoms with Crippen molar-refractivity contribution in [2.24, 2.45) is 0 Å². The summed E-state index contributed by atoms with van der Waals surface area (Å²) in [4.78, 5) is 41.7. The summed E-state index contributed by atoms with van der Waals surface area (Å²) in [7, 11) is 0. The van der Waals surface area contributed by atoms with Crippen LogP contribution in [-0.4, -0.2) is 40.1 Å². The number of alkyl carbamates (subject to hydrolysis) is 1. The fourth-order valence-electron chi connectivity index (χ4n) is 3.50. The number of nitrogens with one attached hydrogen (secondary N) is 3. The Morgan fingerprint density at radius 3 is 2.29 bits per heavy atom. The number of benzene rings is 2. The number of para-hydroxylation sites is 1. The van der Waals surface area contributed by atoms with Gasteiger partial charge in [0.1, 0.15) is 23.8 Å². The molecule has 8 nitrogen and oxygen atoms in total. The molecule has 1 atom stereocenters. The van der Waals surface area contributed by atoms with Gasteiger partial charge in [0.25, 0.3) is 0 Å². The monoisotopic (exact) mass is 479 g/mol. The number of H-pyrrole nitrogens is 1. The molecule has 3 rings (SSSR count). The average Bonchev–Trinajstić information content (AvgIpc) is 3.19. The van der Waals surface area contributed by atoms with Gasteiger partial charge >= 0.3 is 12.1 Å². The molecular formula is C27H33N3O5. The molecule has 1 heterocycles. The van der Waals surface area contributed by atoms with E-state index >= 15 is 0 Å². The van der Waals surface area contributed by atoms with Crippen molar-refractivity contribution in [3.8, 4) is 0 Å². The Balaban J connectivity index is 1.76. The minimum absolute atomic E-state index is 0.0828. The molecule has 0 aliphatic carbocycles. The maximum Gasteiger partial charge on any atom is 0.408 e. The molecule has 0 spiro atoms. The van der Waals surface area contributed by atoms with E-state index in [1.54, 1.807) is 34.6 Å². The highest BCUT2D eigenvalue weighted by Crippen LogP contribution is 2.20. The van der Waals surface area contributed by atoms with Gasteiger partial charge in [-0.15, -0.1) is 0 Å². The van der Waals surface area contributed by atoms with Gasteiger partial charge < -0.3 is 25.1 Å². The number of esters is 1. The summed E-state index contributed by atoms with van der Waals surface area (Å²) in [6.45, 7) is 8.38. The standard InChI is InChI=1S/C27H33N3O5/c1-26(2,3)35-25(33)30-27(4,5)24(32)29-22(23(31)34-17-18-11-7-6-8-12-18)15-19-16-28-21-14-10-9-13-20(19)21/h6-14,16,22,28H,15,17H2,1-5H3,(H,29,32)(H,30,33). The van der Waals surface area contributed by atoms with Gasteiger partial charge in [-0.05, 0) is 51.8 Å². The first-order chi connectivity index (χ1) is 16.4. The molecule has 0 saturated heterocycles. The first kappa shape index (κ1) is 25.8. The number of carbonyl (C=O) groups excluding carboxylic acids is 3. The maximum absolute atomic E-state index is 13.2. The molecule has 8 heteroatoms. The zero-order valence-corrected chi connectivity index (χ0v) is 20.8. The molecule has 3 N–H and O–H groups in total. The Bertz CT molecular complexity index is 1180. The van der Waals surface area contributed by atoms with Crippen LogP contribution in [0.3, 0.4) is 0 Å². The van der Waals surface area contributed by atoms with Gasteiger partial charge in [-0.3, -0.25) is 4.79 Å². The SMILES string of the molecule is CC(C)(C)OC(=O)NC(C)(C)C(=O)NC(Cc1c[nH]c2ccccc12)C(=O)OCc1ccccc1. The zero-order valence-electron chi connectivity index (χ0n) is 20.8. The Morgan fingerprint density at radius 2 is 1.60 bits per heavy atom. The Labute approximate surface area is 205 Å². The fourth-order valence-corrected chi connectivity index (χ4v) is 3.50. The summed E-state index contributed by atoms with van der Waals surface area (Å²) in [6, 6.07) is 16.1. The molecule has 2 aromatic carbocycles. The molecule has 0 aliphatic heterocycles. The average molecular weight is 480 g/mol. The molecule has 186 valence electrons. The lowest BCUT2D eigenvalue weighted by Gasteiger charge is -2.29. The predicted octanol–water partition coefficient (Wildman–Crippen LogP) is 4.24. The van der Waals surface area contributed by atoms with E-state index in [0.717, 1.165) is 22.0 Å². The van der Waals surface area contributed by atoms with E-state index in [0.29, 0.717) is 0 Å². The summed E-state index contributed by atoms with van der Waals surface area (Å²) in [5, 5.41) is 6.29. The number of rotatable bonds is 8. The smallest absolute Gasteiger partial charge is 0.408 e. The van der Waals surface area contributed by atoms with Crippen LogP contribution in [0.25, 0.3) is 10.9 Å². The van der Waals surface area contributed by atoms with Crippen molar-refractivity contribution in [2.45, 2.75) is 64.8 Å². The second-order valence-electron chi connectivity index (χ2n) is 9.93. The lowest BCUT2D eigenvalue weighted by Crippen LogP contribution is -2.58. The number of amides is 2. The molecule has 35 heavy (non-hydrogen) atoms. The third kappa shape index (κ3) is 7.34. The van der Waals surface area contributed by atoms with Crippen LogP contribution in [0.2, 0.25) is 0 Å². The van der Waals surface area contributed by atoms with Crippen LogP contribution in [-0.2, 0) is 32.1 Å². The van der Waals surface area contributed by atoms with Crippen LogP contribution in [0.4, 0.5) is 4.79 Å². The van der Waals surface area contributed by atoms with Gasteiger partial charge in [0.05, 0.1) is 0 Å². The highest BCUT2D eigenvalue weighted by Gasteiger charge is 2.35. The van der Waals surface area contributed by atoms with Crippen LogP contribution in [0.5, 0.6) is 0 Å². The molecule has 2 amide bonds. The second kappa shape index (κ2) is 10.6. The van der Waals surface area contributed by atoms with Gasteiger partial charge in [0, 0.05) is 23.5 Å².